The highest BCUT2D eigenvalue weighted by molar-refractivity contribution is 6.00. The van der Waals surface area contributed by atoms with E-state index < -0.39 is 29.7 Å². The van der Waals surface area contributed by atoms with Gasteiger partial charge in [0.2, 0.25) is 5.82 Å². The minimum atomic E-state index is -4.68. The molecule has 0 aliphatic rings. The van der Waals surface area contributed by atoms with Gasteiger partial charge in [0.25, 0.3) is 0 Å². The van der Waals surface area contributed by atoms with E-state index in [2.05, 4.69) is 29.9 Å². The number of nitrogens with zero attached hydrogens (tertiary/aromatic N) is 6. The molecule has 0 fully saturated rings. The Balaban J connectivity index is 1.61. The molecule has 4 aromatic heterocycles. The van der Waals surface area contributed by atoms with Gasteiger partial charge in [0.05, 0.1) is 22.7 Å². The molecule has 0 saturated heterocycles. The maximum absolute atomic E-state index is 14.3. The first-order valence-corrected chi connectivity index (χ1v) is 10.7. The lowest BCUT2D eigenvalue weighted by Crippen LogP contribution is -2.10. The predicted molar refractivity (Wildman–Crippen MR) is 120 cm³/mol. The minimum absolute atomic E-state index is 0.101. The summed E-state index contributed by atoms with van der Waals surface area (Å²) in [6, 6.07) is 2.78. The summed E-state index contributed by atoms with van der Waals surface area (Å²) in [5.74, 6) is -2.39. The smallest absolute Gasteiger partial charge is 0.383 e. The molecule has 1 aromatic carbocycles. The Kier molecular flexibility index (Phi) is 5.61. The first-order valence-electron chi connectivity index (χ1n) is 10.7. The van der Waals surface area contributed by atoms with E-state index in [0.29, 0.717) is 34.3 Å². The van der Waals surface area contributed by atoms with Crippen molar-refractivity contribution in [2.75, 3.05) is 5.73 Å². The Labute approximate surface area is 200 Å². The van der Waals surface area contributed by atoms with Gasteiger partial charge in [-0.3, -0.25) is 0 Å². The third-order valence-corrected chi connectivity index (χ3v) is 5.70. The van der Waals surface area contributed by atoms with Crippen LogP contribution in [0.2, 0.25) is 0 Å². The standard InChI is InChI=1S/C23H17F5N8/c1-2-17(16-8-30-20(35-16)13-4-3-12(24)5-15(13)25)36-9-14(18-19(29)33-10-34-21(18)36)11-6-31-22(32-7-11)23(26,27)28/h3-10,17H,2H2,1H3,(H,30,35)(H2,29,33,34)/t17-/m0/s1. The normalized spacial score (nSPS) is 12.8. The second-order valence-corrected chi connectivity index (χ2v) is 7.92. The van der Waals surface area contributed by atoms with E-state index in [4.69, 9.17) is 5.73 Å². The molecule has 8 nitrogen and oxygen atoms in total. The molecule has 5 rings (SSSR count). The third kappa shape index (κ3) is 4.01. The number of hydrogen-bond donors (Lipinski definition) is 2. The highest BCUT2D eigenvalue weighted by Gasteiger charge is 2.34. The number of benzene rings is 1. The molecular formula is C23H17F5N8. The summed E-state index contributed by atoms with van der Waals surface area (Å²) in [7, 11) is 0. The van der Waals surface area contributed by atoms with Crippen molar-refractivity contribution < 1.29 is 22.0 Å². The summed E-state index contributed by atoms with van der Waals surface area (Å²) < 4.78 is 68.2. The summed E-state index contributed by atoms with van der Waals surface area (Å²) >= 11 is 0. The van der Waals surface area contributed by atoms with E-state index >= 15 is 0 Å². The highest BCUT2D eigenvalue weighted by atomic mass is 19.4. The number of rotatable bonds is 5. The van der Waals surface area contributed by atoms with Gasteiger partial charge in [0, 0.05) is 42.0 Å². The zero-order valence-electron chi connectivity index (χ0n) is 18.6. The van der Waals surface area contributed by atoms with Crippen molar-refractivity contribution in [2.45, 2.75) is 25.6 Å². The van der Waals surface area contributed by atoms with Gasteiger partial charge in [-0.2, -0.15) is 13.2 Å². The molecule has 0 unspecified atom stereocenters. The average molecular weight is 500 g/mol. The Morgan fingerprint density at radius 2 is 1.81 bits per heavy atom. The Morgan fingerprint density at radius 3 is 2.47 bits per heavy atom. The second-order valence-electron chi connectivity index (χ2n) is 7.92. The number of imidazole rings is 1. The van der Waals surface area contributed by atoms with E-state index in [9.17, 15) is 22.0 Å². The van der Waals surface area contributed by atoms with Crippen LogP contribution >= 0.6 is 0 Å². The zero-order valence-corrected chi connectivity index (χ0v) is 18.6. The number of hydrogen-bond acceptors (Lipinski definition) is 6. The van der Waals surface area contributed by atoms with Crippen molar-refractivity contribution in [3.05, 3.63) is 72.5 Å². The molecule has 4 heterocycles. The van der Waals surface area contributed by atoms with E-state index in [0.717, 1.165) is 24.5 Å². The molecule has 0 aliphatic carbocycles. The van der Waals surface area contributed by atoms with Crippen LogP contribution in [-0.4, -0.2) is 34.5 Å². The summed E-state index contributed by atoms with van der Waals surface area (Å²) in [5.41, 5.74) is 7.90. The number of aromatic amines is 1. The van der Waals surface area contributed by atoms with Crippen LogP contribution in [0.25, 0.3) is 33.5 Å². The fourth-order valence-electron chi connectivity index (χ4n) is 4.05. The van der Waals surface area contributed by atoms with Crippen LogP contribution in [0.1, 0.15) is 30.9 Å². The Morgan fingerprint density at radius 1 is 1.06 bits per heavy atom. The van der Waals surface area contributed by atoms with Crippen LogP contribution in [0.4, 0.5) is 27.8 Å². The van der Waals surface area contributed by atoms with Gasteiger partial charge in [-0.05, 0) is 18.6 Å². The third-order valence-electron chi connectivity index (χ3n) is 5.70. The van der Waals surface area contributed by atoms with Gasteiger partial charge in [0.1, 0.15) is 35.3 Å². The van der Waals surface area contributed by atoms with Gasteiger partial charge in [-0.15, -0.1) is 0 Å². The van der Waals surface area contributed by atoms with E-state index in [1.54, 1.807) is 17.0 Å². The van der Waals surface area contributed by atoms with Gasteiger partial charge < -0.3 is 15.3 Å². The van der Waals surface area contributed by atoms with E-state index in [-0.39, 0.29) is 17.2 Å². The van der Waals surface area contributed by atoms with Crippen molar-refractivity contribution in [1.29, 1.82) is 0 Å². The maximum atomic E-state index is 14.3. The van der Waals surface area contributed by atoms with Crippen molar-refractivity contribution in [1.82, 2.24) is 34.5 Å². The summed E-state index contributed by atoms with van der Waals surface area (Å²) in [6.07, 6.45) is 2.51. The number of aromatic nitrogens is 7. The Hall–Kier alpha value is -4.42. The first kappa shape index (κ1) is 23.3. The van der Waals surface area contributed by atoms with Crippen LogP contribution < -0.4 is 5.73 Å². The van der Waals surface area contributed by atoms with Crippen molar-refractivity contribution in [2.24, 2.45) is 0 Å². The molecule has 0 aliphatic heterocycles. The number of alkyl halides is 3. The number of anilines is 1. The molecule has 5 aromatic rings. The lowest BCUT2D eigenvalue weighted by Gasteiger charge is -2.15. The van der Waals surface area contributed by atoms with Crippen LogP contribution in [0.5, 0.6) is 0 Å². The quantitative estimate of drug-likeness (QED) is 0.323. The molecular weight excluding hydrogens is 483 g/mol. The van der Waals surface area contributed by atoms with Gasteiger partial charge in [0.15, 0.2) is 0 Å². The zero-order chi connectivity index (χ0) is 25.6. The average Bonchev–Trinajstić information content (AvgIpc) is 3.46. The maximum Gasteiger partial charge on any atom is 0.451 e. The number of fused-ring (bicyclic) bond motifs is 1. The second kappa shape index (κ2) is 8.66. The van der Waals surface area contributed by atoms with E-state index in [1.807, 2.05) is 6.92 Å². The fraction of sp³-hybridized carbons (Fsp3) is 0.174. The van der Waals surface area contributed by atoms with Crippen LogP contribution in [0.15, 0.2) is 49.3 Å². The van der Waals surface area contributed by atoms with Crippen molar-refractivity contribution >= 4 is 16.9 Å². The lowest BCUT2D eigenvalue weighted by atomic mass is 10.1. The summed E-state index contributed by atoms with van der Waals surface area (Å²) in [5, 5.41) is 0.416. The Bertz CT molecular complexity index is 1560. The lowest BCUT2D eigenvalue weighted by molar-refractivity contribution is -0.144. The fourth-order valence-corrected chi connectivity index (χ4v) is 4.05. The topological polar surface area (TPSA) is 111 Å². The van der Waals surface area contributed by atoms with Crippen molar-refractivity contribution in [3.8, 4) is 22.5 Å². The van der Waals surface area contributed by atoms with Crippen LogP contribution in [-0.2, 0) is 6.18 Å². The van der Waals surface area contributed by atoms with Crippen LogP contribution in [0.3, 0.4) is 0 Å². The van der Waals surface area contributed by atoms with Crippen LogP contribution in [0, 0.1) is 11.6 Å². The number of nitrogens with one attached hydrogen (secondary N) is 1. The largest absolute Gasteiger partial charge is 0.451 e. The molecule has 1 atom stereocenters. The molecule has 0 saturated carbocycles. The van der Waals surface area contributed by atoms with E-state index in [1.165, 1.54) is 12.4 Å². The molecule has 0 bridgehead atoms. The SMILES string of the molecule is CC[C@@H](c1c[nH]c(-c2ccc(F)cc2F)n1)n1cc(-c2cnc(C(F)(F)F)nc2)c2c(N)ncnc21. The molecule has 0 radical (unpaired) electrons. The molecule has 36 heavy (non-hydrogen) atoms. The molecule has 13 heteroatoms. The predicted octanol–water partition coefficient (Wildman–Crippen LogP) is 5.16. The summed E-state index contributed by atoms with van der Waals surface area (Å²) in [6.45, 7) is 1.90. The number of nitrogen functional groups attached to an aromatic ring is 1. The summed E-state index contributed by atoms with van der Waals surface area (Å²) in [4.78, 5) is 22.7. The number of H-pyrrole nitrogens is 1. The van der Waals surface area contributed by atoms with Gasteiger partial charge >= 0.3 is 6.18 Å². The van der Waals surface area contributed by atoms with Gasteiger partial charge in [-0.25, -0.2) is 33.7 Å². The monoisotopic (exact) mass is 500 g/mol. The van der Waals surface area contributed by atoms with Gasteiger partial charge in [-0.1, -0.05) is 6.92 Å². The number of nitrogens with two attached hydrogens (primary N) is 1. The molecule has 0 amide bonds. The minimum Gasteiger partial charge on any atom is -0.383 e. The van der Waals surface area contributed by atoms with Crippen molar-refractivity contribution in [3.63, 3.8) is 0 Å². The first-order chi connectivity index (χ1) is 17.2. The molecule has 184 valence electrons. The molecule has 0 spiro atoms. The molecule has 3 N–H and O–H groups in total. The number of halogens is 5. The highest BCUT2D eigenvalue weighted by Crippen LogP contribution is 2.37.